The Morgan fingerprint density at radius 3 is 1.39 bits per heavy atom. The second kappa shape index (κ2) is 13.1. The zero-order valence-corrected chi connectivity index (χ0v) is 30.4. The van der Waals surface area contributed by atoms with Crippen LogP contribution in [0.5, 0.6) is 0 Å². The Balaban J connectivity index is 1.18. The molecule has 0 aliphatic heterocycles. The van der Waals surface area contributed by atoms with Crippen LogP contribution in [0.1, 0.15) is 0 Å². The molecule has 11 aromatic rings. The summed E-state index contributed by atoms with van der Waals surface area (Å²) in [4.78, 5) is 10.2. The first-order valence-corrected chi connectivity index (χ1v) is 19.0. The zero-order valence-electron chi connectivity index (χ0n) is 30.4. The minimum Gasteiger partial charge on any atom is -0.309 e. The van der Waals surface area contributed by atoms with E-state index in [1.165, 1.54) is 43.7 Å². The van der Waals surface area contributed by atoms with Gasteiger partial charge in [0.05, 0.1) is 39.1 Å². The van der Waals surface area contributed by atoms with E-state index in [-0.39, 0.29) is 0 Å². The molecule has 0 aliphatic rings. The largest absolute Gasteiger partial charge is 0.309 e. The van der Waals surface area contributed by atoms with Crippen LogP contribution in [0, 0.1) is 0 Å². The zero-order chi connectivity index (χ0) is 37.0. The van der Waals surface area contributed by atoms with Crippen molar-refractivity contribution in [3.8, 4) is 56.4 Å². The molecular weight excluding hydrogens is 681 g/mol. The maximum atomic E-state index is 5.14. The molecule has 3 aromatic heterocycles. The smallest absolute Gasteiger partial charge is 0.160 e. The first kappa shape index (κ1) is 31.9. The fourth-order valence-electron chi connectivity index (χ4n) is 8.44. The third kappa shape index (κ3) is 5.15. The highest BCUT2D eigenvalue weighted by atomic mass is 15.0. The summed E-state index contributed by atoms with van der Waals surface area (Å²) in [5.41, 5.74) is 14.1. The van der Waals surface area contributed by atoms with Crippen LogP contribution in [0.15, 0.2) is 206 Å². The van der Waals surface area contributed by atoms with Gasteiger partial charge < -0.3 is 9.13 Å². The summed E-state index contributed by atoms with van der Waals surface area (Å²) < 4.78 is 4.85. The lowest BCUT2D eigenvalue weighted by Crippen LogP contribution is -1.99. The monoisotopic (exact) mass is 714 g/mol. The lowest BCUT2D eigenvalue weighted by Gasteiger charge is -2.17. The highest BCUT2D eigenvalue weighted by Gasteiger charge is 2.22. The van der Waals surface area contributed by atoms with Gasteiger partial charge in [0.15, 0.2) is 5.82 Å². The molecular formula is C52H34N4. The fourth-order valence-corrected chi connectivity index (χ4v) is 8.44. The Hall–Kier alpha value is -7.56. The Bertz CT molecular complexity index is 3100. The van der Waals surface area contributed by atoms with Gasteiger partial charge in [-0.2, -0.15) is 0 Å². The van der Waals surface area contributed by atoms with Crippen LogP contribution in [0.2, 0.25) is 0 Å². The van der Waals surface area contributed by atoms with Crippen molar-refractivity contribution in [2.45, 2.75) is 0 Å². The second-order valence-electron chi connectivity index (χ2n) is 14.2. The van der Waals surface area contributed by atoms with Gasteiger partial charge in [-0.05, 0) is 54.1 Å². The normalized spacial score (nSPS) is 11.6. The van der Waals surface area contributed by atoms with E-state index >= 15 is 0 Å². The molecule has 0 spiro atoms. The number of hydrogen-bond acceptors (Lipinski definition) is 2. The Labute approximate surface area is 324 Å². The van der Waals surface area contributed by atoms with E-state index in [2.05, 4.69) is 191 Å². The quantitative estimate of drug-likeness (QED) is 0.172. The second-order valence-corrected chi connectivity index (χ2v) is 14.2. The number of nitrogens with zero attached hydrogens (tertiary/aromatic N) is 4. The summed E-state index contributed by atoms with van der Waals surface area (Å²) in [5.74, 6) is 0.707. The standard InChI is InChI=1S/C52H34N4/c1-4-16-35(17-5-1)43-34-44(54-52(53-43)38-18-6-2-7-19-38)36-28-30-37(31-29-36)50-48(56-45-25-13-10-22-40(45)41-23-11-14-26-46(41)56)32-33-49-51(50)42-24-12-15-27-47(42)55(49)39-20-8-3-9-21-39/h1-34H. The van der Waals surface area contributed by atoms with Crippen molar-refractivity contribution < 1.29 is 0 Å². The molecule has 262 valence electrons. The number of fused-ring (bicyclic) bond motifs is 6. The average Bonchev–Trinajstić information content (AvgIpc) is 3.80. The molecule has 0 saturated heterocycles. The van der Waals surface area contributed by atoms with Gasteiger partial charge in [0, 0.05) is 49.5 Å². The minimum atomic E-state index is 0.707. The van der Waals surface area contributed by atoms with E-state index < -0.39 is 0 Å². The van der Waals surface area contributed by atoms with Crippen LogP contribution in [0.3, 0.4) is 0 Å². The molecule has 4 nitrogen and oxygen atoms in total. The molecule has 0 aliphatic carbocycles. The van der Waals surface area contributed by atoms with Crippen LogP contribution in [0.4, 0.5) is 0 Å². The van der Waals surface area contributed by atoms with Crippen molar-refractivity contribution in [1.29, 1.82) is 0 Å². The van der Waals surface area contributed by atoms with Gasteiger partial charge in [0.25, 0.3) is 0 Å². The van der Waals surface area contributed by atoms with Crippen molar-refractivity contribution in [1.82, 2.24) is 19.1 Å². The summed E-state index contributed by atoms with van der Waals surface area (Å²) in [6.45, 7) is 0. The maximum absolute atomic E-state index is 5.14. The third-order valence-corrected chi connectivity index (χ3v) is 10.9. The van der Waals surface area contributed by atoms with Crippen molar-refractivity contribution in [2.24, 2.45) is 0 Å². The van der Waals surface area contributed by atoms with Gasteiger partial charge in [-0.25, -0.2) is 9.97 Å². The topological polar surface area (TPSA) is 35.6 Å². The molecule has 3 heterocycles. The average molecular weight is 715 g/mol. The molecule has 8 aromatic carbocycles. The summed E-state index contributed by atoms with van der Waals surface area (Å²) in [7, 11) is 0. The lowest BCUT2D eigenvalue weighted by atomic mass is 9.95. The Morgan fingerprint density at radius 1 is 0.321 bits per heavy atom. The van der Waals surface area contributed by atoms with Gasteiger partial charge in [0.2, 0.25) is 0 Å². The van der Waals surface area contributed by atoms with Crippen LogP contribution in [-0.2, 0) is 0 Å². The summed E-state index contributed by atoms with van der Waals surface area (Å²) >= 11 is 0. The molecule has 0 N–H and O–H groups in total. The fraction of sp³-hybridized carbons (Fsp3) is 0. The van der Waals surface area contributed by atoms with Crippen molar-refractivity contribution >= 4 is 43.6 Å². The van der Waals surface area contributed by atoms with Gasteiger partial charge in [0.1, 0.15) is 0 Å². The molecule has 4 heteroatoms. The van der Waals surface area contributed by atoms with Gasteiger partial charge in [-0.1, -0.05) is 158 Å². The maximum Gasteiger partial charge on any atom is 0.160 e. The Morgan fingerprint density at radius 2 is 0.786 bits per heavy atom. The van der Waals surface area contributed by atoms with E-state index in [0.717, 1.165) is 50.5 Å². The molecule has 0 amide bonds. The van der Waals surface area contributed by atoms with E-state index in [1.54, 1.807) is 0 Å². The highest BCUT2D eigenvalue weighted by Crippen LogP contribution is 2.44. The van der Waals surface area contributed by atoms with E-state index in [4.69, 9.17) is 9.97 Å². The van der Waals surface area contributed by atoms with E-state index in [1.807, 2.05) is 24.3 Å². The highest BCUT2D eigenvalue weighted by molar-refractivity contribution is 6.19. The first-order valence-electron chi connectivity index (χ1n) is 19.0. The van der Waals surface area contributed by atoms with E-state index in [9.17, 15) is 0 Å². The third-order valence-electron chi connectivity index (χ3n) is 10.9. The predicted octanol–water partition coefficient (Wildman–Crippen LogP) is 13.3. The molecule has 0 fully saturated rings. The molecule has 0 radical (unpaired) electrons. The summed E-state index contributed by atoms with van der Waals surface area (Å²) in [5, 5.41) is 4.91. The number of aromatic nitrogens is 4. The molecule has 0 bridgehead atoms. The number of benzene rings is 8. The Kier molecular flexibility index (Phi) is 7.46. The van der Waals surface area contributed by atoms with E-state index in [0.29, 0.717) is 5.82 Å². The first-order chi connectivity index (χ1) is 27.8. The number of hydrogen-bond donors (Lipinski definition) is 0. The molecule has 11 rings (SSSR count). The molecule has 0 unspecified atom stereocenters. The SMILES string of the molecule is c1ccc(-c2cc(-c3ccc(-c4c(-n5c6ccccc6c6ccccc65)ccc5c4c4ccccc4n5-c4ccccc4)cc3)nc(-c3ccccc3)n2)cc1. The minimum absolute atomic E-state index is 0.707. The van der Waals surface area contributed by atoms with Crippen LogP contribution in [0.25, 0.3) is 100 Å². The molecule has 56 heavy (non-hydrogen) atoms. The number of para-hydroxylation sites is 4. The van der Waals surface area contributed by atoms with Crippen molar-refractivity contribution in [3.05, 3.63) is 206 Å². The van der Waals surface area contributed by atoms with Crippen LogP contribution < -0.4 is 0 Å². The van der Waals surface area contributed by atoms with Gasteiger partial charge in [-0.3, -0.25) is 0 Å². The summed E-state index contributed by atoms with van der Waals surface area (Å²) in [6.07, 6.45) is 0. The predicted molar refractivity (Wildman–Crippen MR) is 232 cm³/mol. The van der Waals surface area contributed by atoms with Crippen LogP contribution >= 0.6 is 0 Å². The molecule has 0 saturated carbocycles. The van der Waals surface area contributed by atoms with Crippen LogP contribution in [-0.4, -0.2) is 19.1 Å². The van der Waals surface area contributed by atoms with Gasteiger partial charge in [-0.15, -0.1) is 0 Å². The van der Waals surface area contributed by atoms with Gasteiger partial charge >= 0.3 is 0 Å². The van der Waals surface area contributed by atoms with Crippen molar-refractivity contribution in [3.63, 3.8) is 0 Å². The van der Waals surface area contributed by atoms with Crippen molar-refractivity contribution in [2.75, 3.05) is 0 Å². The number of rotatable bonds is 6. The molecule has 0 atom stereocenters. The lowest BCUT2D eigenvalue weighted by molar-refractivity contribution is 1.17. The summed E-state index contributed by atoms with van der Waals surface area (Å²) in [6, 6.07) is 73.2.